The number of hydroxylamine groups is 1. The Kier molecular flexibility index (Phi) is 5.06. The highest BCUT2D eigenvalue weighted by Gasteiger charge is 2.24. The molecule has 0 saturated heterocycles. The van der Waals surface area contributed by atoms with E-state index in [0.717, 1.165) is 16.7 Å². The molecule has 0 aromatic heterocycles. The topological polar surface area (TPSA) is 38.8 Å². The van der Waals surface area contributed by atoms with Gasteiger partial charge in [-0.3, -0.25) is 4.84 Å². The van der Waals surface area contributed by atoms with Crippen LogP contribution in [0.2, 0.25) is 0 Å². The fraction of sp³-hybridized carbons (Fsp3) is 0.316. The van der Waals surface area contributed by atoms with Gasteiger partial charge in [-0.05, 0) is 56.5 Å². The Morgan fingerprint density at radius 3 is 2.22 bits per heavy atom. The molecule has 0 aliphatic carbocycles. The molecular formula is C19H23NO3. The maximum atomic E-state index is 12.3. The van der Waals surface area contributed by atoms with Crippen LogP contribution >= 0.6 is 0 Å². The zero-order chi connectivity index (χ0) is 17.0. The third-order valence-electron chi connectivity index (χ3n) is 3.15. The first-order valence-electron chi connectivity index (χ1n) is 7.54. The molecule has 0 unspecified atom stereocenters. The van der Waals surface area contributed by atoms with Crippen LogP contribution in [0.5, 0.6) is 0 Å². The standard InChI is InChI=1S/C19H23NO3/c1-14-11-16(15-9-7-6-8-10-15)13-17(12-14)20(22-5)18(21)23-19(2,3)4/h6-13H,1-5H3. The molecule has 0 N–H and O–H groups in total. The molecular weight excluding hydrogens is 290 g/mol. The Balaban J connectivity index is 2.38. The van der Waals surface area contributed by atoms with Crippen LogP contribution in [0, 0.1) is 6.92 Å². The van der Waals surface area contributed by atoms with Crippen molar-refractivity contribution in [1.82, 2.24) is 0 Å². The number of hydrogen-bond donors (Lipinski definition) is 0. The second-order valence-corrected chi connectivity index (χ2v) is 6.38. The van der Waals surface area contributed by atoms with E-state index >= 15 is 0 Å². The minimum atomic E-state index is -0.583. The van der Waals surface area contributed by atoms with Crippen molar-refractivity contribution in [2.75, 3.05) is 12.2 Å². The van der Waals surface area contributed by atoms with E-state index in [2.05, 4.69) is 6.07 Å². The Bertz CT molecular complexity index is 675. The van der Waals surface area contributed by atoms with Gasteiger partial charge in [0.05, 0.1) is 12.8 Å². The molecule has 0 heterocycles. The molecule has 23 heavy (non-hydrogen) atoms. The predicted molar refractivity (Wildman–Crippen MR) is 92.3 cm³/mol. The summed E-state index contributed by atoms with van der Waals surface area (Å²) in [6.07, 6.45) is -0.537. The minimum Gasteiger partial charge on any atom is -0.442 e. The highest BCUT2D eigenvalue weighted by molar-refractivity contribution is 5.87. The Labute approximate surface area is 137 Å². The third-order valence-corrected chi connectivity index (χ3v) is 3.15. The quantitative estimate of drug-likeness (QED) is 0.751. The number of rotatable bonds is 3. The van der Waals surface area contributed by atoms with E-state index in [-0.39, 0.29) is 0 Å². The average Bonchev–Trinajstić information content (AvgIpc) is 2.46. The molecule has 0 bridgehead atoms. The zero-order valence-corrected chi connectivity index (χ0v) is 14.3. The molecule has 1 amide bonds. The summed E-state index contributed by atoms with van der Waals surface area (Å²) in [5.41, 5.74) is 3.19. The molecule has 0 fully saturated rings. The monoisotopic (exact) mass is 313 g/mol. The van der Waals surface area contributed by atoms with Gasteiger partial charge < -0.3 is 4.74 Å². The summed E-state index contributed by atoms with van der Waals surface area (Å²) in [6.45, 7) is 7.46. The molecule has 0 aliphatic heterocycles. The fourth-order valence-electron chi connectivity index (χ4n) is 2.27. The molecule has 0 radical (unpaired) electrons. The molecule has 2 rings (SSSR count). The van der Waals surface area contributed by atoms with Gasteiger partial charge in [-0.1, -0.05) is 36.4 Å². The Morgan fingerprint density at radius 2 is 1.65 bits per heavy atom. The number of nitrogens with zero attached hydrogens (tertiary/aromatic N) is 1. The van der Waals surface area contributed by atoms with Crippen LogP contribution in [0.15, 0.2) is 48.5 Å². The summed E-state index contributed by atoms with van der Waals surface area (Å²) in [6, 6.07) is 15.9. The maximum absolute atomic E-state index is 12.3. The molecule has 122 valence electrons. The van der Waals surface area contributed by atoms with Gasteiger partial charge in [0.1, 0.15) is 5.60 Å². The largest absolute Gasteiger partial charge is 0.442 e. The van der Waals surface area contributed by atoms with Crippen LogP contribution in [0.4, 0.5) is 10.5 Å². The smallest absolute Gasteiger partial charge is 0.439 e. The number of carbonyl (C=O) groups is 1. The molecule has 0 spiro atoms. The summed E-state index contributed by atoms with van der Waals surface area (Å²) in [4.78, 5) is 17.6. The Morgan fingerprint density at radius 1 is 1.00 bits per heavy atom. The van der Waals surface area contributed by atoms with Gasteiger partial charge in [0.2, 0.25) is 0 Å². The summed E-state index contributed by atoms with van der Waals surface area (Å²) >= 11 is 0. The van der Waals surface area contributed by atoms with Gasteiger partial charge in [0.15, 0.2) is 0 Å². The zero-order valence-electron chi connectivity index (χ0n) is 14.3. The average molecular weight is 313 g/mol. The first-order valence-corrected chi connectivity index (χ1v) is 7.54. The van der Waals surface area contributed by atoms with E-state index in [1.165, 1.54) is 12.2 Å². The van der Waals surface area contributed by atoms with Crippen molar-refractivity contribution >= 4 is 11.8 Å². The molecule has 0 atom stereocenters. The van der Waals surface area contributed by atoms with Gasteiger partial charge in [0.25, 0.3) is 0 Å². The SMILES string of the molecule is CON(C(=O)OC(C)(C)C)c1cc(C)cc(-c2ccccc2)c1. The van der Waals surface area contributed by atoms with Crippen molar-refractivity contribution in [2.45, 2.75) is 33.3 Å². The van der Waals surface area contributed by atoms with E-state index < -0.39 is 11.7 Å². The van der Waals surface area contributed by atoms with Crippen molar-refractivity contribution in [2.24, 2.45) is 0 Å². The van der Waals surface area contributed by atoms with E-state index in [0.29, 0.717) is 5.69 Å². The number of amides is 1. The van der Waals surface area contributed by atoms with Crippen molar-refractivity contribution in [3.8, 4) is 11.1 Å². The number of hydrogen-bond acceptors (Lipinski definition) is 3. The maximum Gasteiger partial charge on any atom is 0.439 e. The van der Waals surface area contributed by atoms with Crippen LogP contribution in [0.1, 0.15) is 26.3 Å². The first-order chi connectivity index (χ1) is 10.8. The van der Waals surface area contributed by atoms with Gasteiger partial charge in [-0.15, -0.1) is 0 Å². The summed E-state index contributed by atoms with van der Waals surface area (Å²) in [5.74, 6) is 0. The van der Waals surface area contributed by atoms with E-state index in [1.54, 1.807) is 0 Å². The minimum absolute atomic E-state index is 0.537. The number of benzene rings is 2. The molecule has 4 nitrogen and oxygen atoms in total. The van der Waals surface area contributed by atoms with Gasteiger partial charge in [-0.25, -0.2) is 4.79 Å². The lowest BCUT2D eigenvalue weighted by Gasteiger charge is -2.26. The second-order valence-electron chi connectivity index (χ2n) is 6.38. The van der Waals surface area contributed by atoms with Crippen molar-refractivity contribution in [3.63, 3.8) is 0 Å². The first kappa shape index (κ1) is 17.0. The van der Waals surface area contributed by atoms with Gasteiger partial charge in [0, 0.05) is 0 Å². The molecule has 0 saturated carbocycles. The van der Waals surface area contributed by atoms with Gasteiger partial charge in [-0.2, -0.15) is 5.06 Å². The molecule has 2 aromatic rings. The normalized spacial score (nSPS) is 11.2. The number of ether oxygens (including phenoxy) is 1. The third kappa shape index (κ3) is 4.57. The van der Waals surface area contributed by atoms with Crippen LogP contribution in [0.25, 0.3) is 11.1 Å². The van der Waals surface area contributed by atoms with Crippen molar-refractivity contribution in [3.05, 3.63) is 54.1 Å². The molecule has 4 heteroatoms. The van der Waals surface area contributed by atoms with E-state index in [1.807, 2.05) is 70.2 Å². The highest BCUT2D eigenvalue weighted by Crippen LogP contribution is 2.27. The van der Waals surface area contributed by atoms with Crippen LogP contribution in [0.3, 0.4) is 0 Å². The van der Waals surface area contributed by atoms with Crippen LogP contribution in [-0.4, -0.2) is 18.8 Å². The lowest BCUT2D eigenvalue weighted by atomic mass is 10.0. The lowest BCUT2D eigenvalue weighted by molar-refractivity contribution is 0.0328. The van der Waals surface area contributed by atoms with Crippen molar-refractivity contribution in [1.29, 1.82) is 0 Å². The summed E-state index contributed by atoms with van der Waals surface area (Å²) in [7, 11) is 1.45. The van der Waals surface area contributed by atoms with E-state index in [9.17, 15) is 4.79 Å². The van der Waals surface area contributed by atoms with Crippen molar-refractivity contribution < 1.29 is 14.4 Å². The number of aryl methyl sites for hydroxylation is 1. The molecule has 0 aliphatic rings. The predicted octanol–water partition coefficient (Wildman–Crippen LogP) is 4.96. The number of carbonyl (C=O) groups excluding carboxylic acids is 1. The van der Waals surface area contributed by atoms with Crippen LogP contribution in [-0.2, 0) is 9.57 Å². The highest BCUT2D eigenvalue weighted by atomic mass is 16.7. The second kappa shape index (κ2) is 6.84. The van der Waals surface area contributed by atoms with Gasteiger partial charge >= 0.3 is 6.09 Å². The van der Waals surface area contributed by atoms with Crippen LogP contribution < -0.4 is 5.06 Å². The van der Waals surface area contributed by atoms with E-state index in [4.69, 9.17) is 9.57 Å². The summed E-state index contributed by atoms with van der Waals surface area (Å²) in [5, 5.41) is 1.17. The summed E-state index contributed by atoms with van der Waals surface area (Å²) < 4.78 is 5.39. The molecule has 2 aromatic carbocycles. The fourth-order valence-corrected chi connectivity index (χ4v) is 2.27. The lowest BCUT2D eigenvalue weighted by Crippen LogP contribution is -2.36. The number of anilines is 1. The Hall–Kier alpha value is -2.33.